The van der Waals surface area contributed by atoms with Crippen molar-refractivity contribution >= 4 is 11.9 Å². The molecule has 3 rings (SSSR count). The lowest BCUT2D eigenvalue weighted by molar-refractivity contribution is -0.148. The summed E-state index contributed by atoms with van der Waals surface area (Å²) in [5.74, 6) is -1.54. The molecule has 2 aliphatic rings. The number of carbonyl (C=O) groups excluding carboxylic acids is 1. The Morgan fingerprint density at radius 2 is 2.14 bits per heavy atom. The average molecular weight is 303 g/mol. The third-order valence-electron chi connectivity index (χ3n) is 5.19. The molecule has 4 unspecified atom stereocenters. The van der Waals surface area contributed by atoms with Crippen LogP contribution in [0, 0.1) is 5.92 Å². The van der Waals surface area contributed by atoms with E-state index in [1.807, 2.05) is 12.1 Å². The Kier molecular flexibility index (Phi) is 3.68. The van der Waals surface area contributed by atoms with Crippen molar-refractivity contribution in [1.82, 2.24) is 5.32 Å². The van der Waals surface area contributed by atoms with Gasteiger partial charge in [0.1, 0.15) is 0 Å². The number of carboxylic acid groups (broad SMARTS) is 1. The second-order valence-electron chi connectivity index (χ2n) is 6.38. The molecular formula is C17H21NO4. The van der Waals surface area contributed by atoms with Gasteiger partial charge in [-0.05, 0) is 36.8 Å². The molecule has 3 N–H and O–H groups in total. The number of amides is 1. The summed E-state index contributed by atoms with van der Waals surface area (Å²) in [5.41, 5.74) is 2.52. The average Bonchev–Trinajstić information content (AvgIpc) is 3.14. The molecule has 0 bridgehead atoms. The molecule has 4 atom stereocenters. The second-order valence-corrected chi connectivity index (χ2v) is 6.38. The summed E-state index contributed by atoms with van der Waals surface area (Å²) < 4.78 is 0. The number of aliphatic carboxylic acids is 1. The lowest BCUT2D eigenvalue weighted by Gasteiger charge is -2.20. The summed E-state index contributed by atoms with van der Waals surface area (Å²) in [6, 6.07) is 7.49. The molecule has 1 amide bonds. The van der Waals surface area contributed by atoms with Crippen molar-refractivity contribution in [2.75, 3.05) is 0 Å². The summed E-state index contributed by atoms with van der Waals surface area (Å²) in [6.07, 6.45) is 1.61. The van der Waals surface area contributed by atoms with E-state index in [-0.39, 0.29) is 17.2 Å². The predicted molar refractivity (Wildman–Crippen MR) is 80.4 cm³/mol. The van der Waals surface area contributed by atoms with Gasteiger partial charge in [0.25, 0.3) is 0 Å². The first-order valence-electron chi connectivity index (χ1n) is 7.79. The number of hydrogen-bond donors (Lipinski definition) is 3. The van der Waals surface area contributed by atoms with E-state index >= 15 is 0 Å². The Hall–Kier alpha value is -1.88. The van der Waals surface area contributed by atoms with Gasteiger partial charge < -0.3 is 15.5 Å². The number of hydrogen-bond acceptors (Lipinski definition) is 3. The van der Waals surface area contributed by atoms with Crippen LogP contribution < -0.4 is 5.32 Å². The van der Waals surface area contributed by atoms with Gasteiger partial charge >= 0.3 is 5.97 Å². The minimum Gasteiger partial charge on any atom is -0.479 e. The fourth-order valence-electron chi connectivity index (χ4n) is 3.80. The fourth-order valence-corrected chi connectivity index (χ4v) is 3.80. The summed E-state index contributed by atoms with van der Waals surface area (Å²) in [7, 11) is 0. The van der Waals surface area contributed by atoms with Crippen LogP contribution in [0.3, 0.4) is 0 Å². The first kappa shape index (κ1) is 15.0. The van der Waals surface area contributed by atoms with E-state index in [0.717, 1.165) is 19.3 Å². The first-order chi connectivity index (χ1) is 10.5. The van der Waals surface area contributed by atoms with E-state index in [0.29, 0.717) is 6.42 Å². The molecule has 2 aliphatic carbocycles. The molecule has 0 radical (unpaired) electrons. The number of carbonyl (C=O) groups is 2. The molecule has 0 heterocycles. The van der Waals surface area contributed by atoms with E-state index in [2.05, 4.69) is 17.4 Å². The Morgan fingerprint density at radius 3 is 2.82 bits per heavy atom. The van der Waals surface area contributed by atoms with Crippen LogP contribution in [0.25, 0.3) is 0 Å². The normalized spacial score (nSPS) is 28.0. The summed E-state index contributed by atoms with van der Waals surface area (Å²) >= 11 is 0. The number of nitrogens with one attached hydrogen (secondary N) is 1. The first-order valence-corrected chi connectivity index (χ1v) is 7.79. The van der Waals surface area contributed by atoms with Crippen molar-refractivity contribution in [2.24, 2.45) is 5.92 Å². The zero-order valence-corrected chi connectivity index (χ0v) is 12.6. The number of benzene rings is 1. The van der Waals surface area contributed by atoms with Gasteiger partial charge in [0, 0.05) is 11.3 Å². The van der Waals surface area contributed by atoms with Crippen molar-refractivity contribution in [3.63, 3.8) is 0 Å². The van der Waals surface area contributed by atoms with Crippen LogP contribution in [-0.2, 0) is 21.4 Å². The molecule has 5 nitrogen and oxygen atoms in total. The topological polar surface area (TPSA) is 86.6 Å². The van der Waals surface area contributed by atoms with Crippen LogP contribution in [-0.4, -0.2) is 34.2 Å². The van der Waals surface area contributed by atoms with Crippen LogP contribution >= 0.6 is 0 Å². The highest BCUT2D eigenvalue weighted by Crippen LogP contribution is 2.61. The van der Waals surface area contributed by atoms with Crippen LogP contribution in [0.2, 0.25) is 0 Å². The van der Waals surface area contributed by atoms with E-state index in [1.165, 1.54) is 11.1 Å². The summed E-state index contributed by atoms with van der Waals surface area (Å²) in [5, 5.41) is 21.2. The highest BCUT2D eigenvalue weighted by Gasteiger charge is 2.61. The van der Waals surface area contributed by atoms with Crippen LogP contribution in [0.5, 0.6) is 0 Å². The monoisotopic (exact) mass is 303 g/mol. The molecule has 1 aromatic rings. The molecule has 1 fully saturated rings. The SMILES string of the molecule is CCC(NC(=O)C1CC12CCc1ccccc12)C(O)C(=O)O. The molecule has 1 spiro atoms. The van der Waals surface area contributed by atoms with Gasteiger partial charge in [-0.2, -0.15) is 0 Å². The Bertz CT molecular complexity index is 614. The second kappa shape index (κ2) is 5.39. The number of fused-ring (bicyclic) bond motifs is 2. The third kappa shape index (κ3) is 2.29. The number of aliphatic hydroxyl groups is 1. The molecule has 0 saturated heterocycles. The van der Waals surface area contributed by atoms with Crippen molar-refractivity contribution in [1.29, 1.82) is 0 Å². The molecule has 118 valence electrons. The maximum Gasteiger partial charge on any atom is 0.334 e. The quantitative estimate of drug-likeness (QED) is 0.763. The number of rotatable bonds is 5. The Balaban J connectivity index is 1.70. The molecule has 1 aromatic carbocycles. The molecule has 0 aliphatic heterocycles. The predicted octanol–water partition coefficient (Wildman–Crippen LogP) is 1.23. The Labute approximate surface area is 129 Å². The Morgan fingerprint density at radius 1 is 1.41 bits per heavy atom. The fraction of sp³-hybridized carbons (Fsp3) is 0.529. The standard InChI is InChI=1S/C17H21NO4/c1-2-13(14(19)16(21)22)18-15(20)12-9-17(12)8-7-10-5-3-4-6-11(10)17/h3-6,12-14,19H,2,7-9H2,1H3,(H,18,20)(H,21,22). The van der Waals surface area contributed by atoms with Gasteiger partial charge in [-0.3, -0.25) is 4.79 Å². The number of aliphatic hydroxyl groups excluding tert-OH is 1. The number of aryl methyl sites for hydroxylation is 1. The van der Waals surface area contributed by atoms with Gasteiger partial charge in [-0.25, -0.2) is 4.79 Å². The van der Waals surface area contributed by atoms with Gasteiger partial charge in [-0.15, -0.1) is 0 Å². The molecule has 22 heavy (non-hydrogen) atoms. The van der Waals surface area contributed by atoms with E-state index in [9.17, 15) is 14.7 Å². The molecule has 1 saturated carbocycles. The zero-order valence-electron chi connectivity index (χ0n) is 12.6. The van der Waals surface area contributed by atoms with Crippen molar-refractivity contribution in [2.45, 2.75) is 50.2 Å². The third-order valence-corrected chi connectivity index (χ3v) is 5.19. The smallest absolute Gasteiger partial charge is 0.334 e. The van der Waals surface area contributed by atoms with Crippen molar-refractivity contribution in [3.8, 4) is 0 Å². The van der Waals surface area contributed by atoms with Gasteiger partial charge in [0.05, 0.1) is 6.04 Å². The zero-order chi connectivity index (χ0) is 15.9. The lowest BCUT2D eigenvalue weighted by Crippen LogP contribution is -2.47. The van der Waals surface area contributed by atoms with Gasteiger partial charge in [-0.1, -0.05) is 31.2 Å². The van der Waals surface area contributed by atoms with Crippen LogP contribution in [0.4, 0.5) is 0 Å². The maximum absolute atomic E-state index is 12.5. The highest BCUT2D eigenvalue weighted by molar-refractivity contribution is 5.86. The van der Waals surface area contributed by atoms with Crippen LogP contribution in [0.1, 0.15) is 37.3 Å². The molecule has 0 aromatic heterocycles. The largest absolute Gasteiger partial charge is 0.479 e. The van der Waals surface area contributed by atoms with Gasteiger partial charge in [0.15, 0.2) is 6.10 Å². The maximum atomic E-state index is 12.5. The summed E-state index contributed by atoms with van der Waals surface area (Å²) in [6.45, 7) is 1.75. The summed E-state index contributed by atoms with van der Waals surface area (Å²) in [4.78, 5) is 23.3. The molecule has 5 heteroatoms. The van der Waals surface area contributed by atoms with E-state index in [1.54, 1.807) is 6.92 Å². The minimum atomic E-state index is -1.56. The lowest BCUT2D eigenvalue weighted by atomic mass is 9.95. The molecular weight excluding hydrogens is 282 g/mol. The van der Waals surface area contributed by atoms with E-state index < -0.39 is 18.1 Å². The van der Waals surface area contributed by atoms with E-state index in [4.69, 9.17) is 5.11 Å². The van der Waals surface area contributed by atoms with Crippen molar-refractivity contribution < 1.29 is 19.8 Å². The number of carboxylic acids is 1. The van der Waals surface area contributed by atoms with Gasteiger partial charge in [0.2, 0.25) is 5.91 Å². The van der Waals surface area contributed by atoms with Crippen LogP contribution in [0.15, 0.2) is 24.3 Å². The highest BCUT2D eigenvalue weighted by atomic mass is 16.4. The van der Waals surface area contributed by atoms with Crippen molar-refractivity contribution in [3.05, 3.63) is 35.4 Å². The minimum absolute atomic E-state index is 0.0624.